The zero-order valence-corrected chi connectivity index (χ0v) is 32.5. The van der Waals surface area contributed by atoms with Crippen molar-refractivity contribution in [2.24, 2.45) is 0 Å². The van der Waals surface area contributed by atoms with Gasteiger partial charge in [-0.25, -0.2) is 0 Å². The Bertz CT molecular complexity index is 3160. The van der Waals surface area contributed by atoms with Crippen molar-refractivity contribution in [2.45, 2.75) is 38.0 Å². The summed E-state index contributed by atoms with van der Waals surface area (Å²) in [6.07, 6.45) is 0.953. The van der Waals surface area contributed by atoms with Crippen molar-refractivity contribution in [3.8, 4) is 33.4 Å². The Morgan fingerprint density at radius 1 is 0.439 bits per heavy atom. The minimum Gasteiger partial charge on any atom is -0.309 e. The Morgan fingerprint density at radius 2 is 1.02 bits per heavy atom. The predicted octanol–water partition coefficient (Wildman–Crippen LogP) is 14.7. The molecular weight excluding hydrogens is 687 g/mol. The van der Waals surface area contributed by atoms with Crippen molar-refractivity contribution in [3.05, 3.63) is 221 Å². The van der Waals surface area contributed by atoms with Crippen molar-refractivity contribution in [2.75, 3.05) is 4.90 Å². The Hall–Kier alpha value is -6.70. The Balaban J connectivity index is 1.22. The van der Waals surface area contributed by atoms with E-state index in [1.807, 2.05) is 0 Å². The van der Waals surface area contributed by atoms with E-state index in [9.17, 15) is 0 Å². The molecule has 1 nitrogen and oxygen atoms in total. The molecule has 0 fully saturated rings. The van der Waals surface area contributed by atoms with E-state index in [-0.39, 0.29) is 5.41 Å². The van der Waals surface area contributed by atoms with Gasteiger partial charge in [-0.2, -0.15) is 0 Å². The Morgan fingerprint density at radius 3 is 1.82 bits per heavy atom. The maximum absolute atomic E-state index is 2.57. The maximum atomic E-state index is 2.57. The molecule has 0 aromatic heterocycles. The third kappa shape index (κ3) is 4.14. The van der Waals surface area contributed by atoms with Crippen LogP contribution in [-0.4, -0.2) is 0 Å². The van der Waals surface area contributed by atoms with Crippen LogP contribution in [0.15, 0.2) is 182 Å². The molecule has 0 radical (unpaired) electrons. The van der Waals surface area contributed by atoms with E-state index in [1.165, 1.54) is 105 Å². The smallest absolute Gasteiger partial charge is 0.0729 e. The molecule has 270 valence electrons. The average molecular weight is 728 g/mol. The molecule has 9 aromatic rings. The van der Waals surface area contributed by atoms with E-state index >= 15 is 0 Å². The van der Waals surface area contributed by atoms with Gasteiger partial charge in [0.05, 0.1) is 16.8 Å². The molecule has 0 N–H and O–H groups in total. The topological polar surface area (TPSA) is 3.24 Å². The highest BCUT2D eigenvalue weighted by Crippen LogP contribution is 2.64. The first-order valence-corrected chi connectivity index (χ1v) is 20.4. The minimum atomic E-state index is -0.505. The quantitative estimate of drug-likeness (QED) is 0.174. The first kappa shape index (κ1) is 32.5. The van der Waals surface area contributed by atoms with E-state index in [2.05, 4.69) is 208 Å². The molecule has 1 atom stereocenters. The average Bonchev–Trinajstić information content (AvgIpc) is 3.68. The SMILES string of the molecule is CCc1ccc2cccc3c2c1C1(c2ccccc2-c2ccc(N(c4cccc5c4-c4ccccc4C5(C)C)c4cccc5ccccc45)cc21)c1ccccc1-3. The second-order valence-electron chi connectivity index (χ2n) is 16.6. The molecule has 3 aliphatic carbocycles. The lowest BCUT2D eigenvalue weighted by molar-refractivity contribution is 0.660. The van der Waals surface area contributed by atoms with Gasteiger partial charge in [0, 0.05) is 22.1 Å². The highest BCUT2D eigenvalue weighted by molar-refractivity contribution is 6.08. The van der Waals surface area contributed by atoms with E-state index in [1.54, 1.807) is 0 Å². The van der Waals surface area contributed by atoms with Crippen LogP contribution in [0, 0.1) is 0 Å². The molecule has 57 heavy (non-hydrogen) atoms. The fraction of sp³-hybridized carbons (Fsp3) is 0.107. The number of hydrogen-bond acceptors (Lipinski definition) is 1. The monoisotopic (exact) mass is 727 g/mol. The second-order valence-corrected chi connectivity index (χ2v) is 16.6. The fourth-order valence-electron chi connectivity index (χ4n) is 11.2. The molecule has 12 rings (SSSR count). The van der Waals surface area contributed by atoms with E-state index < -0.39 is 5.41 Å². The number of aryl methyl sites for hydroxylation is 1. The molecule has 1 unspecified atom stereocenters. The third-order valence-electron chi connectivity index (χ3n) is 13.6. The van der Waals surface area contributed by atoms with E-state index in [4.69, 9.17) is 0 Å². The summed E-state index contributed by atoms with van der Waals surface area (Å²) < 4.78 is 0. The first-order chi connectivity index (χ1) is 28.0. The van der Waals surface area contributed by atoms with Gasteiger partial charge in [-0.1, -0.05) is 178 Å². The van der Waals surface area contributed by atoms with Gasteiger partial charge < -0.3 is 4.90 Å². The predicted molar refractivity (Wildman–Crippen MR) is 239 cm³/mol. The lowest BCUT2D eigenvalue weighted by atomic mass is 9.60. The van der Waals surface area contributed by atoms with Crippen LogP contribution in [0.4, 0.5) is 17.1 Å². The van der Waals surface area contributed by atoms with Crippen molar-refractivity contribution < 1.29 is 0 Å². The van der Waals surface area contributed by atoms with E-state index in [0.29, 0.717) is 0 Å². The lowest BCUT2D eigenvalue weighted by Crippen LogP contribution is -2.33. The molecule has 1 heteroatoms. The van der Waals surface area contributed by atoms with Crippen molar-refractivity contribution in [3.63, 3.8) is 0 Å². The van der Waals surface area contributed by atoms with Gasteiger partial charge in [-0.3, -0.25) is 0 Å². The van der Waals surface area contributed by atoms with Gasteiger partial charge >= 0.3 is 0 Å². The maximum Gasteiger partial charge on any atom is 0.0729 e. The highest BCUT2D eigenvalue weighted by atomic mass is 15.1. The first-order valence-electron chi connectivity index (χ1n) is 20.4. The third-order valence-corrected chi connectivity index (χ3v) is 13.6. The molecule has 1 spiro atoms. The summed E-state index contributed by atoms with van der Waals surface area (Å²) in [5.41, 5.74) is 20.5. The van der Waals surface area contributed by atoms with Crippen LogP contribution in [0.2, 0.25) is 0 Å². The van der Waals surface area contributed by atoms with Crippen molar-refractivity contribution in [1.29, 1.82) is 0 Å². The number of benzene rings is 9. The Kier molecular flexibility index (Phi) is 6.66. The molecule has 0 aliphatic heterocycles. The molecule has 0 saturated heterocycles. The van der Waals surface area contributed by atoms with Crippen LogP contribution in [0.25, 0.3) is 54.9 Å². The van der Waals surface area contributed by atoms with E-state index in [0.717, 1.165) is 12.1 Å². The molecule has 0 bridgehead atoms. The summed E-state index contributed by atoms with van der Waals surface area (Å²) in [7, 11) is 0. The van der Waals surface area contributed by atoms with Crippen molar-refractivity contribution >= 4 is 38.6 Å². The van der Waals surface area contributed by atoms with Crippen LogP contribution in [0.3, 0.4) is 0 Å². The molecule has 0 heterocycles. The van der Waals surface area contributed by atoms with Crippen LogP contribution in [0.1, 0.15) is 59.7 Å². The van der Waals surface area contributed by atoms with Gasteiger partial charge in [0.2, 0.25) is 0 Å². The number of anilines is 3. The zero-order chi connectivity index (χ0) is 38.0. The minimum absolute atomic E-state index is 0.121. The normalized spacial score (nSPS) is 16.3. The summed E-state index contributed by atoms with van der Waals surface area (Å²) in [6, 6.07) is 69.1. The number of fused-ring (bicyclic) bond motifs is 13. The zero-order valence-electron chi connectivity index (χ0n) is 32.5. The highest BCUT2D eigenvalue weighted by Gasteiger charge is 2.51. The summed E-state index contributed by atoms with van der Waals surface area (Å²) >= 11 is 0. The molecule has 0 amide bonds. The van der Waals surface area contributed by atoms with Gasteiger partial charge in [-0.05, 0) is 114 Å². The van der Waals surface area contributed by atoms with Crippen molar-refractivity contribution in [1.82, 2.24) is 0 Å². The standard InChI is InChI=1S/C56H41N/c1-4-35-30-31-37-18-13-23-43-41-21-8-12-26-47(41)56(54(35)52(37)43)46-25-11-7-20-40(46)42-33-32-38(34-49(42)56)57(50-28-14-17-36-16-5-6-19-39(36)50)51-29-15-27-48-53(51)44-22-9-10-24-45(44)55(48,2)3/h5-34H,4H2,1-3H3. The van der Waals surface area contributed by atoms with Crippen LogP contribution in [-0.2, 0) is 17.3 Å². The summed E-state index contributed by atoms with van der Waals surface area (Å²) in [5.74, 6) is 0. The summed E-state index contributed by atoms with van der Waals surface area (Å²) in [5, 5.41) is 5.15. The van der Waals surface area contributed by atoms with Gasteiger partial charge in [-0.15, -0.1) is 0 Å². The van der Waals surface area contributed by atoms with Crippen LogP contribution >= 0.6 is 0 Å². The van der Waals surface area contributed by atoms with Crippen LogP contribution in [0.5, 0.6) is 0 Å². The largest absolute Gasteiger partial charge is 0.309 e. The number of hydrogen-bond donors (Lipinski definition) is 0. The molecule has 0 saturated carbocycles. The van der Waals surface area contributed by atoms with Gasteiger partial charge in [0.15, 0.2) is 0 Å². The Labute approximate surface area is 334 Å². The van der Waals surface area contributed by atoms with Crippen LogP contribution < -0.4 is 4.90 Å². The molecule has 9 aromatic carbocycles. The fourth-order valence-corrected chi connectivity index (χ4v) is 11.2. The summed E-state index contributed by atoms with van der Waals surface area (Å²) in [4.78, 5) is 2.57. The lowest BCUT2D eigenvalue weighted by Gasteiger charge is -2.41. The number of nitrogens with zero attached hydrogens (tertiary/aromatic N) is 1. The number of rotatable bonds is 4. The van der Waals surface area contributed by atoms with Gasteiger partial charge in [0.1, 0.15) is 0 Å². The molecule has 3 aliphatic rings. The molecular formula is C56H41N. The van der Waals surface area contributed by atoms with Gasteiger partial charge in [0.25, 0.3) is 0 Å². The second kappa shape index (κ2) is 11.7. The summed E-state index contributed by atoms with van der Waals surface area (Å²) in [6.45, 7) is 7.08.